The lowest BCUT2D eigenvalue weighted by Crippen LogP contribution is -2.28. The number of hydrogen-bond acceptors (Lipinski definition) is 2. The van der Waals surface area contributed by atoms with Crippen LogP contribution in [-0.4, -0.2) is 42.7 Å². The Labute approximate surface area is 59.9 Å². The molecule has 0 aromatic rings. The van der Waals surface area contributed by atoms with Gasteiger partial charge in [0.05, 0.1) is 0 Å². The molecule has 0 N–H and O–H groups in total. The van der Waals surface area contributed by atoms with Crippen LogP contribution in [0.15, 0.2) is 0 Å². The second kappa shape index (κ2) is 3.90. The Morgan fingerprint density at radius 3 is 2.67 bits per heavy atom. The molecular weight excluding hydrogens is 134 g/mol. The first-order valence-corrected chi connectivity index (χ1v) is 4.40. The van der Waals surface area contributed by atoms with E-state index in [0.29, 0.717) is 0 Å². The van der Waals surface area contributed by atoms with Gasteiger partial charge < -0.3 is 4.74 Å². The average Bonchev–Trinajstić information content (AvgIpc) is 1.91. The second-order valence-corrected chi connectivity index (χ2v) is 2.67. The highest BCUT2D eigenvalue weighted by Gasteiger charge is 2.08. The summed E-state index contributed by atoms with van der Waals surface area (Å²) in [6, 6.07) is 0. The third kappa shape index (κ3) is 2.37. The number of rotatable bonds is 1. The van der Waals surface area contributed by atoms with Crippen molar-refractivity contribution in [3.05, 3.63) is 0 Å². The monoisotopic (exact) mass is 146 g/mol. The molecule has 0 bridgehead atoms. The molecule has 1 rings (SSSR count). The van der Waals surface area contributed by atoms with E-state index < -0.39 is 0 Å². The molecule has 0 unspecified atom stereocenters. The summed E-state index contributed by atoms with van der Waals surface area (Å²) in [5.41, 5.74) is 2.16. The molecule has 1 aliphatic rings. The van der Waals surface area contributed by atoms with Gasteiger partial charge in [-0.05, 0) is 6.26 Å². The fourth-order valence-corrected chi connectivity index (χ4v) is 1.34. The number of thioether (sulfide) groups is 1. The van der Waals surface area contributed by atoms with Crippen LogP contribution in [0, 0.1) is 0 Å². The SMILES string of the molecule is CSC=[N+]1CCOCC1. The first kappa shape index (κ1) is 7.09. The van der Waals surface area contributed by atoms with Crippen molar-refractivity contribution >= 4 is 17.3 Å². The predicted molar refractivity (Wildman–Crippen MR) is 40.4 cm³/mol. The molecule has 0 radical (unpaired) electrons. The first-order chi connectivity index (χ1) is 4.43. The van der Waals surface area contributed by atoms with Crippen molar-refractivity contribution < 1.29 is 9.31 Å². The lowest BCUT2D eigenvalue weighted by atomic mass is 10.5. The predicted octanol–water partition coefficient (Wildman–Crippen LogP) is 0.420. The fraction of sp³-hybridized carbons (Fsp3) is 0.833. The van der Waals surface area contributed by atoms with Crippen LogP contribution in [0.5, 0.6) is 0 Å². The quantitative estimate of drug-likeness (QED) is 0.392. The maximum Gasteiger partial charge on any atom is 0.197 e. The summed E-state index contributed by atoms with van der Waals surface area (Å²) in [5, 5.41) is 0. The highest BCUT2D eigenvalue weighted by molar-refractivity contribution is 8.11. The smallest absolute Gasteiger partial charge is 0.197 e. The van der Waals surface area contributed by atoms with Crippen molar-refractivity contribution in [3.8, 4) is 0 Å². The Morgan fingerprint density at radius 1 is 1.44 bits per heavy atom. The Hall–Kier alpha value is -0.0200. The van der Waals surface area contributed by atoms with Gasteiger partial charge in [-0.25, -0.2) is 4.58 Å². The van der Waals surface area contributed by atoms with E-state index >= 15 is 0 Å². The molecule has 3 heteroatoms. The molecule has 9 heavy (non-hydrogen) atoms. The Kier molecular flexibility index (Phi) is 3.08. The molecule has 1 fully saturated rings. The molecule has 0 aromatic heterocycles. The maximum atomic E-state index is 5.18. The summed E-state index contributed by atoms with van der Waals surface area (Å²) in [7, 11) is 0. The molecular formula is C6H12NOS+. The van der Waals surface area contributed by atoms with Crippen molar-refractivity contribution in [1.82, 2.24) is 0 Å². The molecule has 2 nitrogen and oxygen atoms in total. The van der Waals surface area contributed by atoms with E-state index in [0.717, 1.165) is 26.3 Å². The number of ether oxygens (including phenoxy) is 1. The van der Waals surface area contributed by atoms with Crippen molar-refractivity contribution in [2.45, 2.75) is 0 Å². The summed E-state index contributed by atoms with van der Waals surface area (Å²) in [5.74, 6) is 0. The van der Waals surface area contributed by atoms with Gasteiger partial charge in [0.2, 0.25) is 0 Å². The average molecular weight is 146 g/mol. The van der Waals surface area contributed by atoms with Crippen LogP contribution in [0.3, 0.4) is 0 Å². The zero-order chi connectivity index (χ0) is 6.53. The standard InChI is InChI=1S/C6H12NOS/c1-9-6-7-2-4-8-5-3-7/h6H,2-5H2,1H3/q+1. The minimum absolute atomic E-state index is 0.886. The molecule has 0 atom stereocenters. The van der Waals surface area contributed by atoms with Gasteiger partial charge in [0.1, 0.15) is 13.2 Å². The second-order valence-electron chi connectivity index (χ2n) is 1.99. The van der Waals surface area contributed by atoms with E-state index in [1.807, 2.05) is 0 Å². The topological polar surface area (TPSA) is 12.2 Å². The highest BCUT2D eigenvalue weighted by atomic mass is 32.2. The summed E-state index contributed by atoms with van der Waals surface area (Å²) < 4.78 is 7.46. The normalized spacial score (nSPS) is 19.9. The lowest BCUT2D eigenvalue weighted by molar-refractivity contribution is -0.542. The summed E-state index contributed by atoms with van der Waals surface area (Å²) >= 11 is 1.75. The molecule has 52 valence electrons. The van der Waals surface area contributed by atoms with Gasteiger partial charge in [0.15, 0.2) is 18.6 Å². The minimum Gasteiger partial charge on any atom is -0.368 e. The van der Waals surface area contributed by atoms with E-state index in [-0.39, 0.29) is 0 Å². The van der Waals surface area contributed by atoms with E-state index in [9.17, 15) is 0 Å². The van der Waals surface area contributed by atoms with E-state index in [2.05, 4.69) is 16.4 Å². The van der Waals surface area contributed by atoms with Crippen molar-refractivity contribution in [2.24, 2.45) is 0 Å². The van der Waals surface area contributed by atoms with Crippen LogP contribution >= 0.6 is 11.8 Å². The molecule has 1 saturated heterocycles. The van der Waals surface area contributed by atoms with Crippen molar-refractivity contribution in [1.29, 1.82) is 0 Å². The van der Waals surface area contributed by atoms with Crippen LogP contribution < -0.4 is 0 Å². The van der Waals surface area contributed by atoms with Crippen molar-refractivity contribution in [2.75, 3.05) is 32.6 Å². The number of nitrogens with zero attached hydrogens (tertiary/aromatic N) is 1. The summed E-state index contributed by atoms with van der Waals surface area (Å²) in [4.78, 5) is 0. The van der Waals surface area contributed by atoms with Crippen LogP contribution in [0.2, 0.25) is 0 Å². The molecule has 0 spiro atoms. The molecule has 1 heterocycles. The van der Waals surface area contributed by atoms with Crippen LogP contribution in [0.1, 0.15) is 0 Å². The first-order valence-electron chi connectivity index (χ1n) is 3.11. The fourth-order valence-electron chi connectivity index (χ4n) is 0.832. The van der Waals surface area contributed by atoms with Gasteiger partial charge in [0, 0.05) is 0 Å². The molecule has 0 aromatic carbocycles. The Balaban J connectivity index is 2.30. The lowest BCUT2D eigenvalue weighted by Gasteiger charge is -2.09. The van der Waals surface area contributed by atoms with E-state index in [1.54, 1.807) is 11.8 Å². The molecule has 1 aliphatic heterocycles. The van der Waals surface area contributed by atoms with Crippen LogP contribution in [-0.2, 0) is 4.74 Å². The molecule has 0 saturated carbocycles. The molecule has 0 aliphatic carbocycles. The largest absolute Gasteiger partial charge is 0.368 e. The number of hydrogen-bond donors (Lipinski definition) is 0. The Morgan fingerprint density at radius 2 is 2.11 bits per heavy atom. The minimum atomic E-state index is 0.886. The summed E-state index contributed by atoms with van der Waals surface area (Å²) in [6.07, 6.45) is 2.08. The highest BCUT2D eigenvalue weighted by Crippen LogP contribution is 1.91. The zero-order valence-corrected chi connectivity index (χ0v) is 6.49. The Bertz CT molecular complexity index is 106. The maximum absolute atomic E-state index is 5.18. The van der Waals surface area contributed by atoms with Gasteiger partial charge in [-0.3, -0.25) is 0 Å². The number of morpholine rings is 1. The zero-order valence-electron chi connectivity index (χ0n) is 5.67. The van der Waals surface area contributed by atoms with Gasteiger partial charge in [0.25, 0.3) is 0 Å². The van der Waals surface area contributed by atoms with Gasteiger partial charge >= 0.3 is 0 Å². The third-order valence-electron chi connectivity index (χ3n) is 1.30. The third-order valence-corrected chi connectivity index (χ3v) is 1.81. The summed E-state index contributed by atoms with van der Waals surface area (Å²) in [6.45, 7) is 3.88. The van der Waals surface area contributed by atoms with Gasteiger partial charge in [-0.1, -0.05) is 11.8 Å². The van der Waals surface area contributed by atoms with Gasteiger partial charge in [-0.15, -0.1) is 0 Å². The molecule has 0 amide bonds. The van der Waals surface area contributed by atoms with E-state index in [1.165, 1.54) is 0 Å². The van der Waals surface area contributed by atoms with Crippen molar-refractivity contribution in [3.63, 3.8) is 0 Å². The van der Waals surface area contributed by atoms with Crippen LogP contribution in [0.25, 0.3) is 0 Å². The van der Waals surface area contributed by atoms with E-state index in [4.69, 9.17) is 4.74 Å². The van der Waals surface area contributed by atoms with Crippen LogP contribution in [0.4, 0.5) is 0 Å². The van der Waals surface area contributed by atoms with Gasteiger partial charge in [-0.2, -0.15) is 0 Å².